The van der Waals surface area contributed by atoms with Gasteiger partial charge in [-0.2, -0.15) is 0 Å². The van der Waals surface area contributed by atoms with Crippen molar-refractivity contribution in [1.29, 1.82) is 0 Å². The van der Waals surface area contributed by atoms with Crippen LogP contribution in [0.25, 0.3) is 0 Å². The number of benzene rings is 1. The second kappa shape index (κ2) is 8.76. The van der Waals surface area contributed by atoms with E-state index in [1.54, 1.807) is 12.1 Å². The molecule has 0 aromatic heterocycles. The minimum absolute atomic E-state index is 0.0105. The van der Waals surface area contributed by atoms with Gasteiger partial charge in [-0.3, -0.25) is 4.79 Å². The van der Waals surface area contributed by atoms with Crippen molar-refractivity contribution in [2.24, 2.45) is 11.3 Å². The number of hydrogen-bond acceptors (Lipinski definition) is 4. The fourth-order valence-electron chi connectivity index (χ4n) is 5.14. The summed E-state index contributed by atoms with van der Waals surface area (Å²) in [6, 6.07) is 5.21. The Hall–Kier alpha value is -1.40. The molecule has 1 saturated heterocycles. The number of aryl methyl sites for hydroxylation is 2. The average Bonchev–Trinajstić information content (AvgIpc) is 2.99. The topological polar surface area (TPSA) is 57.7 Å². The van der Waals surface area contributed by atoms with Gasteiger partial charge in [0.15, 0.2) is 9.84 Å². The first kappa shape index (κ1) is 22.3. The van der Waals surface area contributed by atoms with E-state index >= 15 is 0 Å². The third kappa shape index (κ3) is 5.02. The smallest absolute Gasteiger partial charge is 0.223 e. The zero-order valence-corrected chi connectivity index (χ0v) is 19.2. The first-order valence-corrected chi connectivity index (χ1v) is 12.5. The largest absolute Gasteiger partial charge is 0.342 e. The summed E-state index contributed by atoms with van der Waals surface area (Å²) in [5.41, 5.74) is 2.26. The molecule has 0 N–H and O–H groups in total. The van der Waals surface area contributed by atoms with E-state index in [9.17, 15) is 13.2 Å². The van der Waals surface area contributed by atoms with Gasteiger partial charge in [-0.1, -0.05) is 25.3 Å². The number of amides is 1. The molecular formula is C23H36N2O3S. The van der Waals surface area contributed by atoms with Crippen molar-refractivity contribution < 1.29 is 13.2 Å². The first-order valence-electron chi connectivity index (χ1n) is 10.9. The molecule has 1 aromatic carbocycles. The fourth-order valence-corrected chi connectivity index (χ4v) is 6.45. The van der Waals surface area contributed by atoms with Gasteiger partial charge < -0.3 is 9.80 Å². The van der Waals surface area contributed by atoms with E-state index < -0.39 is 9.84 Å². The SMILES string of the molecule is Cc1ccc(S(=O)(=O)CCC(=O)N2CC(CN(C)C)C3(CCCCC3)C2)cc1C. The lowest BCUT2D eigenvalue weighted by molar-refractivity contribution is -0.130. The van der Waals surface area contributed by atoms with Gasteiger partial charge >= 0.3 is 0 Å². The highest BCUT2D eigenvalue weighted by molar-refractivity contribution is 7.91. The van der Waals surface area contributed by atoms with Crippen molar-refractivity contribution in [3.8, 4) is 0 Å². The Bertz CT molecular complexity index is 842. The summed E-state index contributed by atoms with van der Waals surface area (Å²) in [5, 5.41) is 0. The van der Waals surface area contributed by atoms with Gasteiger partial charge in [-0.05, 0) is 75.4 Å². The molecule has 1 aliphatic heterocycles. The predicted octanol–water partition coefficient (Wildman–Crippen LogP) is 3.44. The number of sulfone groups is 1. The molecule has 162 valence electrons. The number of likely N-dealkylation sites (tertiary alicyclic amines) is 1. The molecule has 1 amide bonds. The second-order valence-electron chi connectivity index (χ2n) is 9.47. The highest BCUT2D eigenvalue weighted by atomic mass is 32.2. The standard InChI is InChI=1S/C23H36N2O3S/c1-18-8-9-21(14-19(18)2)29(27,28)13-10-22(26)25-16-20(15-24(3)4)23(17-25)11-6-5-7-12-23/h8-9,14,20H,5-7,10-13,15-17H2,1-4H3. The molecule has 5 nitrogen and oxygen atoms in total. The van der Waals surface area contributed by atoms with E-state index in [-0.39, 0.29) is 23.5 Å². The van der Waals surface area contributed by atoms with E-state index in [1.165, 1.54) is 32.1 Å². The molecule has 2 aliphatic rings. The Labute approximate surface area is 176 Å². The van der Waals surface area contributed by atoms with Crippen LogP contribution in [-0.2, 0) is 14.6 Å². The molecule has 1 saturated carbocycles. The highest BCUT2D eigenvalue weighted by Gasteiger charge is 2.47. The van der Waals surface area contributed by atoms with Crippen LogP contribution in [0.15, 0.2) is 23.1 Å². The maximum absolute atomic E-state index is 12.9. The van der Waals surface area contributed by atoms with Crippen molar-refractivity contribution in [3.05, 3.63) is 29.3 Å². The lowest BCUT2D eigenvalue weighted by Crippen LogP contribution is -2.38. The summed E-state index contributed by atoms with van der Waals surface area (Å²) in [6.45, 7) is 6.44. The lowest BCUT2D eigenvalue weighted by Gasteiger charge is -2.39. The summed E-state index contributed by atoms with van der Waals surface area (Å²) in [7, 11) is 0.743. The van der Waals surface area contributed by atoms with Crippen molar-refractivity contribution in [1.82, 2.24) is 9.80 Å². The molecule has 0 bridgehead atoms. The lowest BCUT2D eigenvalue weighted by atomic mass is 9.67. The van der Waals surface area contributed by atoms with Crippen LogP contribution in [-0.4, -0.2) is 63.6 Å². The molecule has 1 unspecified atom stereocenters. The van der Waals surface area contributed by atoms with Crippen LogP contribution in [0.1, 0.15) is 49.7 Å². The average molecular weight is 421 g/mol. The van der Waals surface area contributed by atoms with Crippen molar-refractivity contribution >= 4 is 15.7 Å². The molecule has 2 fully saturated rings. The normalized spacial score (nSPS) is 21.8. The number of rotatable bonds is 6. The molecule has 1 spiro atoms. The molecule has 0 radical (unpaired) electrons. The van der Waals surface area contributed by atoms with Gasteiger partial charge in [-0.25, -0.2) is 8.42 Å². The molecule has 1 aromatic rings. The minimum atomic E-state index is -3.45. The van der Waals surface area contributed by atoms with Gasteiger partial charge in [0, 0.05) is 26.1 Å². The summed E-state index contributed by atoms with van der Waals surface area (Å²) in [5.74, 6) is 0.359. The summed E-state index contributed by atoms with van der Waals surface area (Å²) >= 11 is 0. The van der Waals surface area contributed by atoms with Crippen molar-refractivity contribution in [2.45, 2.75) is 57.3 Å². The van der Waals surface area contributed by atoms with Gasteiger partial charge in [0.25, 0.3) is 0 Å². The molecule has 1 heterocycles. The maximum atomic E-state index is 12.9. The second-order valence-corrected chi connectivity index (χ2v) is 11.6. The zero-order valence-electron chi connectivity index (χ0n) is 18.4. The Morgan fingerprint density at radius 1 is 1.14 bits per heavy atom. The maximum Gasteiger partial charge on any atom is 0.223 e. The van der Waals surface area contributed by atoms with Gasteiger partial charge in [0.1, 0.15) is 0 Å². The Morgan fingerprint density at radius 3 is 2.45 bits per heavy atom. The van der Waals surface area contributed by atoms with Crippen LogP contribution in [0.5, 0.6) is 0 Å². The van der Waals surface area contributed by atoms with Crippen LogP contribution in [0, 0.1) is 25.2 Å². The summed E-state index contributed by atoms with van der Waals surface area (Å²) in [6.07, 6.45) is 6.23. The Balaban J connectivity index is 1.66. The molecule has 6 heteroatoms. The molecule has 29 heavy (non-hydrogen) atoms. The van der Waals surface area contributed by atoms with Crippen LogP contribution in [0.3, 0.4) is 0 Å². The van der Waals surface area contributed by atoms with Crippen molar-refractivity contribution in [2.75, 3.05) is 39.5 Å². The molecule has 1 atom stereocenters. The van der Waals surface area contributed by atoms with E-state index in [1.807, 2.05) is 24.8 Å². The molecule has 1 aliphatic carbocycles. The third-order valence-electron chi connectivity index (χ3n) is 7.02. The summed E-state index contributed by atoms with van der Waals surface area (Å²) in [4.78, 5) is 17.4. The zero-order chi connectivity index (χ0) is 21.2. The van der Waals surface area contributed by atoms with E-state index in [2.05, 4.69) is 19.0 Å². The van der Waals surface area contributed by atoms with Crippen LogP contribution in [0.4, 0.5) is 0 Å². The van der Waals surface area contributed by atoms with Gasteiger partial charge in [-0.15, -0.1) is 0 Å². The van der Waals surface area contributed by atoms with Gasteiger partial charge in [0.05, 0.1) is 10.6 Å². The summed E-state index contributed by atoms with van der Waals surface area (Å²) < 4.78 is 25.5. The van der Waals surface area contributed by atoms with E-state index in [4.69, 9.17) is 0 Å². The number of carbonyl (C=O) groups is 1. The fraction of sp³-hybridized carbons (Fsp3) is 0.696. The number of hydrogen-bond donors (Lipinski definition) is 0. The Morgan fingerprint density at radius 2 is 1.83 bits per heavy atom. The predicted molar refractivity (Wildman–Crippen MR) is 117 cm³/mol. The van der Waals surface area contributed by atoms with Crippen LogP contribution < -0.4 is 0 Å². The number of nitrogens with zero attached hydrogens (tertiary/aromatic N) is 2. The van der Waals surface area contributed by atoms with Crippen LogP contribution >= 0.6 is 0 Å². The first-order chi connectivity index (χ1) is 13.6. The number of carbonyl (C=O) groups excluding carboxylic acids is 1. The van der Waals surface area contributed by atoms with Gasteiger partial charge in [0.2, 0.25) is 5.91 Å². The quantitative estimate of drug-likeness (QED) is 0.707. The van der Waals surface area contributed by atoms with E-state index in [0.29, 0.717) is 10.8 Å². The molecule has 3 rings (SSSR count). The Kier molecular flexibility index (Phi) is 6.74. The highest BCUT2D eigenvalue weighted by Crippen LogP contribution is 2.47. The van der Waals surface area contributed by atoms with Crippen molar-refractivity contribution in [3.63, 3.8) is 0 Å². The third-order valence-corrected chi connectivity index (χ3v) is 8.74. The molecular weight excluding hydrogens is 384 g/mol. The van der Waals surface area contributed by atoms with Crippen LogP contribution in [0.2, 0.25) is 0 Å². The minimum Gasteiger partial charge on any atom is -0.342 e. The van der Waals surface area contributed by atoms with E-state index in [0.717, 1.165) is 30.8 Å². The monoisotopic (exact) mass is 420 g/mol.